The maximum Gasteiger partial charge on any atom is 0.257 e. The molecule has 0 atom stereocenters. The highest BCUT2D eigenvalue weighted by atomic mass is 35.5. The van der Waals surface area contributed by atoms with Crippen LogP contribution in [0.1, 0.15) is 16.8 Å². The molecule has 2 aromatic heterocycles. The van der Waals surface area contributed by atoms with Crippen molar-refractivity contribution in [2.75, 3.05) is 25.1 Å². The summed E-state index contributed by atoms with van der Waals surface area (Å²) < 4.78 is 31.1. The number of fused-ring (bicyclic) bond motifs is 2. The van der Waals surface area contributed by atoms with Crippen molar-refractivity contribution in [2.45, 2.75) is 17.9 Å². The average Bonchev–Trinajstić information content (AvgIpc) is 3.46. The summed E-state index contributed by atoms with van der Waals surface area (Å²) in [4.78, 5) is 23.7. The number of nitrogens with zero attached hydrogens (tertiary/aromatic N) is 3. The van der Waals surface area contributed by atoms with Crippen LogP contribution in [0.2, 0.25) is 4.34 Å². The zero-order valence-electron chi connectivity index (χ0n) is 17.1. The number of hydrogen-bond acceptors (Lipinski definition) is 8. The maximum atomic E-state index is 12.4. The molecule has 1 N–H and O–H groups in total. The number of ether oxygens (including phenoxy) is 1. The molecule has 8 nitrogen and oxygen atoms in total. The standard InChI is InChI=1S/C21H19ClN4O4S2/c1-23-19(27)9-30-13-3-2-12-6-7-26(16(12)8-13)21-14-10-32(28,29)11-15(14)24-20(25-21)17-4-5-18(22)31-17/h2-5,8H,6-7,9-11H2,1H3,(H,23,27). The van der Waals surface area contributed by atoms with Gasteiger partial charge >= 0.3 is 0 Å². The largest absolute Gasteiger partial charge is 0.484 e. The molecule has 0 unspecified atom stereocenters. The molecule has 2 aliphatic rings. The van der Waals surface area contributed by atoms with Crippen molar-refractivity contribution in [2.24, 2.45) is 0 Å². The molecular formula is C21H19ClN4O4S2. The molecule has 11 heteroatoms. The highest BCUT2D eigenvalue weighted by Crippen LogP contribution is 2.42. The molecule has 32 heavy (non-hydrogen) atoms. The van der Waals surface area contributed by atoms with Crippen molar-refractivity contribution >= 4 is 50.2 Å². The fourth-order valence-corrected chi connectivity index (χ4v) is 6.39. The predicted octanol–water partition coefficient (Wildman–Crippen LogP) is 3.11. The van der Waals surface area contributed by atoms with Gasteiger partial charge in [0.2, 0.25) is 0 Å². The van der Waals surface area contributed by atoms with Gasteiger partial charge < -0.3 is 15.0 Å². The van der Waals surface area contributed by atoms with E-state index < -0.39 is 9.84 Å². The van der Waals surface area contributed by atoms with Crippen LogP contribution < -0.4 is 15.0 Å². The van der Waals surface area contributed by atoms with E-state index in [9.17, 15) is 13.2 Å². The molecule has 166 valence electrons. The molecular weight excluding hydrogens is 472 g/mol. The van der Waals surface area contributed by atoms with Crippen molar-refractivity contribution in [1.82, 2.24) is 15.3 Å². The summed E-state index contributed by atoms with van der Waals surface area (Å²) in [6.45, 7) is 0.572. The third-order valence-electron chi connectivity index (χ3n) is 5.44. The first-order chi connectivity index (χ1) is 15.3. The van der Waals surface area contributed by atoms with Gasteiger partial charge in [-0.1, -0.05) is 17.7 Å². The van der Waals surface area contributed by atoms with Crippen molar-refractivity contribution in [3.05, 3.63) is 51.5 Å². The Bertz CT molecular complexity index is 1340. The van der Waals surface area contributed by atoms with E-state index in [4.69, 9.17) is 21.3 Å². The van der Waals surface area contributed by atoms with Crippen LogP contribution in [-0.4, -0.2) is 44.5 Å². The van der Waals surface area contributed by atoms with E-state index >= 15 is 0 Å². The Kier molecular flexibility index (Phi) is 5.31. The normalized spacial score (nSPS) is 16.0. The number of carbonyl (C=O) groups is 1. The van der Waals surface area contributed by atoms with Crippen molar-refractivity contribution in [1.29, 1.82) is 0 Å². The molecule has 1 amide bonds. The van der Waals surface area contributed by atoms with E-state index in [0.717, 1.165) is 22.5 Å². The Hall–Kier alpha value is -2.69. The minimum absolute atomic E-state index is 0.0815. The summed E-state index contributed by atoms with van der Waals surface area (Å²) in [6.07, 6.45) is 0.788. The Balaban J connectivity index is 1.57. The Morgan fingerprint density at radius 2 is 2.09 bits per heavy atom. The smallest absolute Gasteiger partial charge is 0.257 e. The number of sulfone groups is 1. The van der Waals surface area contributed by atoms with Gasteiger partial charge in [-0.2, -0.15) is 0 Å². The quantitative estimate of drug-likeness (QED) is 0.586. The van der Waals surface area contributed by atoms with Gasteiger partial charge in [0.15, 0.2) is 22.3 Å². The minimum atomic E-state index is -3.28. The molecule has 2 aliphatic heterocycles. The van der Waals surface area contributed by atoms with Crippen LogP contribution in [0.15, 0.2) is 30.3 Å². The lowest BCUT2D eigenvalue weighted by molar-refractivity contribution is -0.122. The monoisotopic (exact) mass is 490 g/mol. The lowest BCUT2D eigenvalue weighted by Gasteiger charge is -2.22. The predicted molar refractivity (Wildman–Crippen MR) is 123 cm³/mol. The Morgan fingerprint density at radius 3 is 2.84 bits per heavy atom. The second-order valence-corrected chi connectivity index (χ2v) is 11.4. The molecule has 5 rings (SSSR count). The molecule has 0 spiro atoms. The van der Waals surface area contributed by atoms with Crippen molar-refractivity contribution < 1.29 is 17.9 Å². The first-order valence-electron chi connectivity index (χ1n) is 9.93. The lowest BCUT2D eigenvalue weighted by atomic mass is 10.1. The van der Waals surface area contributed by atoms with E-state index in [1.54, 1.807) is 13.1 Å². The number of nitrogens with one attached hydrogen (secondary N) is 1. The maximum absolute atomic E-state index is 12.4. The SMILES string of the molecule is CNC(=O)COc1ccc2c(c1)N(c1nc(-c3ccc(Cl)s3)nc3c1CS(=O)(=O)C3)CC2. The second-order valence-electron chi connectivity index (χ2n) is 7.59. The number of thiophene rings is 1. The summed E-state index contributed by atoms with van der Waals surface area (Å²) >= 11 is 7.45. The van der Waals surface area contributed by atoms with Crippen molar-refractivity contribution in [3.63, 3.8) is 0 Å². The highest BCUT2D eigenvalue weighted by molar-refractivity contribution is 7.90. The summed E-state index contributed by atoms with van der Waals surface area (Å²) in [5.74, 6) is 1.22. The average molecular weight is 491 g/mol. The van der Waals surface area contributed by atoms with Gasteiger partial charge in [0.25, 0.3) is 5.91 Å². The van der Waals surface area contributed by atoms with Gasteiger partial charge in [-0.05, 0) is 30.2 Å². The van der Waals surface area contributed by atoms with Crippen LogP contribution in [0, 0.1) is 0 Å². The summed E-state index contributed by atoms with van der Waals surface area (Å²) in [5.41, 5.74) is 3.17. The molecule has 0 aliphatic carbocycles. The molecule has 0 bridgehead atoms. The van der Waals surface area contributed by atoms with E-state index in [2.05, 4.69) is 10.3 Å². The van der Waals surface area contributed by atoms with Crippen LogP contribution in [0.5, 0.6) is 5.75 Å². The number of halogens is 1. The van der Waals surface area contributed by atoms with Crippen LogP contribution in [-0.2, 0) is 32.6 Å². The van der Waals surface area contributed by atoms with E-state index in [0.29, 0.717) is 39.5 Å². The zero-order chi connectivity index (χ0) is 22.5. The molecule has 4 heterocycles. The summed E-state index contributed by atoms with van der Waals surface area (Å²) in [6, 6.07) is 9.27. The van der Waals surface area contributed by atoms with Gasteiger partial charge in [0, 0.05) is 30.9 Å². The van der Waals surface area contributed by atoms with Gasteiger partial charge in [-0.25, -0.2) is 18.4 Å². The fraction of sp³-hybridized carbons (Fsp3) is 0.286. The number of benzene rings is 1. The number of anilines is 2. The van der Waals surface area contributed by atoms with Crippen LogP contribution in [0.4, 0.5) is 11.5 Å². The molecule has 0 radical (unpaired) electrons. The number of rotatable bonds is 5. The first kappa shape index (κ1) is 21.2. The highest BCUT2D eigenvalue weighted by Gasteiger charge is 2.34. The number of carbonyl (C=O) groups excluding carboxylic acids is 1. The number of hydrogen-bond donors (Lipinski definition) is 1. The van der Waals surface area contributed by atoms with E-state index in [1.807, 2.05) is 29.2 Å². The van der Waals surface area contributed by atoms with Gasteiger partial charge in [0.1, 0.15) is 11.6 Å². The Labute approximate surface area is 194 Å². The molecule has 0 saturated heterocycles. The number of amides is 1. The number of likely N-dealkylation sites (N-methyl/N-ethyl adjacent to an activating group) is 1. The zero-order valence-corrected chi connectivity index (χ0v) is 19.5. The van der Waals surface area contributed by atoms with E-state index in [-0.39, 0.29) is 24.0 Å². The fourth-order valence-electron chi connectivity index (χ4n) is 3.92. The number of aromatic nitrogens is 2. The topological polar surface area (TPSA) is 101 Å². The third kappa shape index (κ3) is 3.94. The molecule has 3 aromatic rings. The van der Waals surface area contributed by atoms with Crippen LogP contribution in [0.25, 0.3) is 10.7 Å². The van der Waals surface area contributed by atoms with Crippen LogP contribution >= 0.6 is 22.9 Å². The van der Waals surface area contributed by atoms with Gasteiger partial charge in [0.05, 0.1) is 26.4 Å². The molecule has 0 saturated carbocycles. The lowest BCUT2D eigenvalue weighted by Crippen LogP contribution is -2.24. The summed E-state index contributed by atoms with van der Waals surface area (Å²) in [7, 11) is -1.72. The third-order valence-corrected chi connectivity index (χ3v) is 8.11. The first-order valence-corrected chi connectivity index (χ1v) is 12.9. The van der Waals surface area contributed by atoms with Crippen molar-refractivity contribution in [3.8, 4) is 16.5 Å². The Morgan fingerprint density at radius 1 is 1.25 bits per heavy atom. The molecule has 1 aromatic carbocycles. The van der Waals surface area contributed by atoms with E-state index in [1.165, 1.54) is 11.3 Å². The van der Waals surface area contributed by atoms with Crippen LogP contribution in [0.3, 0.4) is 0 Å². The minimum Gasteiger partial charge on any atom is -0.484 e. The molecule has 0 fully saturated rings. The van der Waals surface area contributed by atoms with Gasteiger partial charge in [-0.15, -0.1) is 11.3 Å². The summed E-state index contributed by atoms with van der Waals surface area (Å²) in [5, 5.41) is 2.52. The van der Waals surface area contributed by atoms with Gasteiger partial charge in [-0.3, -0.25) is 4.79 Å². The second kappa shape index (κ2) is 8.02.